The molecule has 2 aromatic carbocycles. The first-order valence-corrected chi connectivity index (χ1v) is 10.4. The number of rotatable bonds is 6. The van der Waals surface area contributed by atoms with Gasteiger partial charge in [0.05, 0.1) is 28.4 Å². The van der Waals surface area contributed by atoms with Crippen LogP contribution in [0, 0.1) is 34.6 Å². The van der Waals surface area contributed by atoms with E-state index in [4.69, 9.17) is 28.4 Å². The molecule has 31 heavy (non-hydrogen) atoms. The third-order valence-electron chi connectivity index (χ3n) is 6.56. The Bertz CT molecular complexity index is 995. The number of fused-ring (bicyclic) bond motifs is 1. The lowest BCUT2D eigenvalue weighted by atomic mass is 9.85. The van der Waals surface area contributed by atoms with E-state index in [1.165, 1.54) is 0 Å². The van der Waals surface area contributed by atoms with Crippen LogP contribution in [0.3, 0.4) is 0 Å². The lowest BCUT2D eigenvalue weighted by Gasteiger charge is -2.37. The monoisotopic (exact) mass is 430 g/mol. The Morgan fingerprint density at radius 1 is 0.613 bits per heavy atom. The maximum absolute atomic E-state index is 6.70. The van der Waals surface area contributed by atoms with Gasteiger partial charge in [-0.05, 0) is 45.7 Å². The molecule has 0 fully saturated rings. The van der Waals surface area contributed by atoms with Crippen LogP contribution in [-0.2, 0) is 11.2 Å². The molecule has 2 atom stereocenters. The molecule has 1 aliphatic heterocycles. The summed E-state index contributed by atoms with van der Waals surface area (Å²) in [5, 5.41) is 0. The van der Waals surface area contributed by atoms with Gasteiger partial charge in [-0.3, -0.25) is 0 Å². The molecular formula is C25H34O6. The average Bonchev–Trinajstić information content (AvgIpc) is 2.76. The minimum Gasteiger partial charge on any atom is -0.496 e. The van der Waals surface area contributed by atoms with E-state index in [2.05, 4.69) is 6.92 Å². The van der Waals surface area contributed by atoms with Crippen LogP contribution in [0.15, 0.2) is 0 Å². The highest BCUT2D eigenvalue weighted by molar-refractivity contribution is 5.64. The maximum Gasteiger partial charge on any atom is 0.164 e. The van der Waals surface area contributed by atoms with Crippen molar-refractivity contribution in [2.45, 2.75) is 53.2 Å². The van der Waals surface area contributed by atoms with Crippen molar-refractivity contribution < 1.29 is 28.4 Å². The molecule has 0 aromatic heterocycles. The first-order chi connectivity index (χ1) is 14.8. The molecule has 6 heteroatoms. The Morgan fingerprint density at radius 3 is 1.68 bits per heavy atom. The van der Waals surface area contributed by atoms with Crippen LogP contribution < -0.4 is 23.7 Å². The van der Waals surface area contributed by atoms with Gasteiger partial charge in [0, 0.05) is 41.3 Å². The molecule has 1 heterocycles. The fourth-order valence-electron chi connectivity index (χ4n) is 4.97. The van der Waals surface area contributed by atoms with E-state index in [1.54, 1.807) is 35.5 Å². The standard InChI is InChI=1S/C25H34O6/c1-12-13(2)23(29-9)24(30-10)14(3)19(12)25-18(26-6)11-17-21(28-8)15(4)20(27-7)16(5)22(17)31-25/h18,25H,11H2,1-10H3. The summed E-state index contributed by atoms with van der Waals surface area (Å²) in [6.07, 6.45) is 0.160. The number of hydrogen-bond acceptors (Lipinski definition) is 6. The van der Waals surface area contributed by atoms with Gasteiger partial charge in [0.1, 0.15) is 23.4 Å². The molecule has 3 rings (SSSR count). The zero-order valence-electron chi connectivity index (χ0n) is 20.3. The van der Waals surface area contributed by atoms with E-state index in [0.29, 0.717) is 6.42 Å². The van der Waals surface area contributed by atoms with Crippen molar-refractivity contribution in [1.82, 2.24) is 0 Å². The fourth-order valence-corrected chi connectivity index (χ4v) is 4.97. The minimum absolute atomic E-state index is 0.191. The maximum atomic E-state index is 6.70. The molecule has 170 valence electrons. The molecule has 2 unspecified atom stereocenters. The average molecular weight is 431 g/mol. The van der Waals surface area contributed by atoms with Gasteiger partial charge >= 0.3 is 0 Å². The van der Waals surface area contributed by atoms with E-state index in [1.807, 2.05) is 27.7 Å². The predicted molar refractivity (Wildman–Crippen MR) is 121 cm³/mol. The third-order valence-corrected chi connectivity index (χ3v) is 6.56. The molecular weight excluding hydrogens is 396 g/mol. The summed E-state index contributed by atoms with van der Waals surface area (Å²) >= 11 is 0. The van der Waals surface area contributed by atoms with Crippen LogP contribution in [0.2, 0.25) is 0 Å². The van der Waals surface area contributed by atoms with Crippen molar-refractivity contribution in [1.29, 1.82) is 0 Å². The topological polar surface area (TPSA) is 55.4 Å². The minimum atomic E-state index is -0.313. The molecule has 2 aromatic rings. The molecule has 0 spiro atoms. The van der Waals surface area contributed by atoms with Gasteiger partial charge in [-0.2, -0.15) is 0 Å². The molecule has 0 bridgehead atoms. The lowest BCUT2D eigenvalue weighted by molar-refractivity contribution is -0.0132. The molecule has 0 saturated heterocycles. The molecule has 0 amide bonds. The van der Waals surface area contributed by atoms with Crippen LogP contribution in [-0.4, -0.2) is 41.7 Å². The van der Waals surface area contributed by atoms with Crippen molar-refractivity contribution in [2.75, 3.05) is 35.5 Å². The Labute approximate surface area is 185 Å². The van der Waals surface area contributed by atoms with Crippen molar-refractivity contribution in [3.8, 4) is 28.7 Å². The van der Waals surface area contributed by atoms with Crippen LogP contribution >= 0.6 is 0 Å². The van der Waals surface area contributed by atoms with Gasteiger partial charge in [-0.15, -0.1) is 0 Å². The predicted octanol–water partition coefficient (Wildman–Crippen LogP) is 4.95. The Hall–Kier alpha value is -2.60. The molecule has 6 nitrogen and oxygen atoms in total. The first kappa shape index (κ1) is 23.1. The number of benzene rings is 2. The molecule has 1 aliphatic rings. The zero-order chi connectivity index (χ0) is 23.0. The van der Waals surface area contributed by atoms with Crippen molar-refractivity contribution in [2.24, 2.45) is 0 Å². The summed E-state index contributed by atoms with van der Waals surface area (Å²) in [5.41, 5.74) is 7.12. The van der Waals surface area contributed by atoms with E-state index in [0.717, 1.165) is 67.7 Å². The molecule has 0 N–H and O–H groups in total. The first-order valence-electron chi connectivity index (χ1n) is 10.4. The van der Waals surface area contributed by atoms with Crippen LogP contribution in [0.5, 0.6) is 28.7 Å². The smallest absolute Gasteiger partial charge is 0.164 e. The summed E-state index contributed by atoms with van der Waals surface area (Å²) in [5.74, 6) is 3.84. The van der Waals surface area contributed by atoms with Crippen LogP contribution in [0.1, 0.15) is 45.0 Å². The van der Waals surface area contributed by atoms with Crippen molar-refractivity contribution in [3.05, 3.63) is 38.9 Å². The SMILES string of the molecule is COc1c(C)c(OC)c2c(c1C)OC(c1c(C)c(C)c(OC)c(OC)c1C)C(OC)C2. The van der Waals surface area contributed by atoms with E-state index in [9.17, 15) is 0 Å². The second kappa shape index (κ2) is 8.87. The molecule has 0 aliphatic carbocycles. The summed E-state index contributed by atoms with van der Waals surface area (Å²) < 4.78 is 35.5. The third kappa shape index (κ3) is 3.47. The van der Waals surface area contributed by atoms with Gasteiger partial charge in [-0.1, -0.05) is 0 Å². The van der Waals surface area contributed by atoms with Crippen molar-refractivity contribution >= 4 is 0 Å². The second-order valence-electron chi connectivity index (χ2n) is 8.00. The summed E-state index contributed by atoms with van der Waals surface area (Å²) in [6, 6.07) is 0. The molecule has 0 radical (unpaired) electrons. The van der Waals surface area contributed by atoms with E-state index in [-0.39, 0.29) is 12.2 Å². The summed E-state index contributed by atoms with van der Waals surface area (Å²) in [7, 11) is 8.40. The number of hydrogen-bond donors (Lipinski definition) is 0. The number of ether oxygens (including phenoxy) is 6. The lowest BCUT2D eigenvalue weighted by Crippen LogP contribution is -2.34. The van der Waals surface area contributed by atoms with Gasteiger partial charge < -0.3 is 28.4 Å². The highest BCUT2D eigenvalue weighted by atomic mass is 16.5. The zero-order valence-corrected chi connectivity index (χ0v) is 20.3. The number of methoxy groups -OCH3 is 5. The fraction of sp³-hybridized carbons (Fsp3) is 0.520. The van der Waals surface area contributed by atoms with Gasteiger partial charge in [0.15, 0.2) is 17.6 Å². The Kier molecular flexibility index (Phi) is 6.60. The highest BCUT2D eigenvalue weighted by Gasteiger charge is 2.39. The van der Waals surface area contributed by atoms with Crippen LogP contribution in [0.4, 0.5) is 0 Å². The highest BCUT2D eigenvalue weighted by Crippen LogP contribution is 2.51. The van der Waals surface area contributed by atoms with E-state index < -0.39 is 0 Å². The molecule has 0 saturated carbocycles. The van der Waals surface area contributed by atoms with Gasteiger partial charge in [0.25, 0.3) is 0 Å². The van der Waals surface area contributed by atoms with Crippen LogP contribution in [0.25, 0.3) is 0 Å². The summed E-state index contributed by atoms with van der Waals surface area (Å²) in [4.78, 5) is 0. The second-order valence-corrected chi connectivity index (χ2v) is 8.00. The summed E-state index contributed by atoms with van der Waals surface area (Å²) in [6.45, 7) is 10.2. The normalized spacial score (nSPS) is 17.6. The quantitative estimate of drug-likeness (QED) is 0.646. The van der Waals surface area contributed by atoms with Crippen molar-refractivity contribution in [3.63, 3.8) is 0 Å². The Morgan fingerprint density at radius 2 is 1.16 bits per heavy atom. The van der Waals surface area contributed by atoms with Gasteiger partial charge in [0.2, 0.25) is 0 Å². The Balaban J connectivity index is 2.27. The van der Waals surface area contributed by atoms with E-state index >= 15 is 0 Å². The largest absolute Gasteiger partial charge is 0.496 e. The van der Waals surface area contributed by atoms with Gasteiger partial charge in [-0.25, -0.2) is 0 Å².